The van der Waals surface area contributed by atoms with E-state index in [0.29, 0.717) is 43.4 Å². The lowest BCUT2D eigenvalue weighted by molar-refractivity contribution is -0.137. The number of rotatable bonds is 2. The lowest BCUT2D eigenvalue weighted by Crippen LogP contribution is -2.35. The summed E-state index contributed by atoms with van der Waals surface area (Å²) in [5, 5.41) is 7.88. The largest absolute Gasteiger partial charge is 0.425 e. The maximum absolute atomic E-state index is 13.0. The lowest BCUT2D eigenvalue weighted by atomic mass is 9.73. The zero-order valence-corrected chi connectivity index (χ0v) is 12.0. The number of hydrogen-bond donors (Lipinski definition) is 0. The van der Waals surface area contributed by atoms with Gasteiger partial charge in [-0.25, -0.2) is 0 Å². The number of ether oxygens (including phenoxy) is 1. The Kier molecular flexibility index (Phi) is 3.68. The first kappa shape index (κ1) is 15.0. The number of benzene rings is 1. The van der Waals surface area contributed by atoms with E-state index in [-0.39, 0.29) is 0 Å². The molecule has 2 aromatic rings. The first-order chi connectivity index (χ1) is 10.4. The molecule has 0 N–H and O–H groups in total. The maximum atomic E-state index is 13.0. The summed E-state index contributed by atoms with van der Waals surface area (Å²) in [6.07, 6.45) is -3.36. The van der Waals surface area contributed by atoms with Crippen molar-refractivity contribution < 1.29 is 22.3 Å². The topological polar surface area (TPSA) is 48.2 Å². The van der Waals surface area contributed by atoms with Crippen molar-refractivity contribution >= 4 is 0 Å². The first-order valence-corrected chi connectivity index (χ1v) is 6.98. The summed E-state index contributed by atoms with van der Waals surface area (Å²) < 4.78 is 49.9. The van der Waals surface area contributed by atoms with E-state index in [0.717, 1.165) is 6.07 Å². The second-order valence-corrected chi connectivity index (χ2v) is 5.40. The molecule has 22 heavy (non-hydrogen) atoms. The van der Waals surface area contributed by atoms with Crippen LogP contribution in [0.15, 0.2) is 28.7 Å². The average molecular weight is 312 g/mol. The molecule has 0 aliphatic carbocycles. The molecule has 1 saturated heterocycles. The third kappa shape index (κ3) is 2.61. The van der Waals surface area contributed by atoms with Crippen molar-refractivity contribution in [3.05, 3.63) is 47.2 Å². The van der Waals surface area contributed by atoms with Crippen LogP contribution in [-0.4, -0.2) is 23.4 Å². The predicted octanol–water partition coefficient (Wildman–Crippen LogP) is 3.49. The number of aromatic nitrogens is 2. The quantitative estimate of drug-likeness (QED) is 0.851. The molecule has 1 aliphatic heterocycles. The molecule has 1 aromatic carbocycles. The predicted molar refractivity (Wildman–Crippen MR) is 71.3 cm³/mol. The van der Waals surface area contributed by atoms with Crippen molar-refractivity contribution in [1.82, 2.24) is 10.2 Å². The summed E-state index contributed by atoms with van der Waals surface area (Å²) >= 11 is 0. The fourth-order valence-electron chi connectivity index (χ4n) is 2.83. The molecule has 7 heteroatoms. The van der Waals surface area contributed by atoms with Gasteiger partial charge < -0.3 is 9.15 Å². The van der Waals surface area contributed by atoms with Crippen LogP contribution in [0.3, 0.4) is 0 Å². The second-order valence-electron chi connectivity index (χ2n) is 5.40. The van der Waals surface area contributed by atoms with Crippen molar-refractivity contribution in [2.45, 2.75) is 31.4 Å². The Morgan fingerprint density at radius 3 is 2.45 bits per heavy atom. The number of nitrogens with zero attached hydrogens (tertiary/aromatic N) is 2. The van der Waals surface area contributed by atoms with Crippen LogP contribution >= 0.6 is 0 Å². The van der Waals surface area contributed by atoms with Crippen molar-refractivity contribution in [1.29, 1.82) is 0 Å². The lowest BCUT2D eigenvalue weighted by Gasteiger charge is -2.34. The Labute approximate surface area is 125 Å². The highest BCUT2D eigenvalue weighted by Gasteiger charge is 2.42. The summed E-state index contributed by atoms with van der Waals surface area (Å²) in [6.45, 7) is 2.55. The molecule has 1 aromatic heterocycles. The zero-order valence-electron chi connectivity index (χ0n) is 12.0. The molecular formula is C15H15F3N2O2. The van der Waals surface area contributed by atoms with Crippen LogP contribution in [0, 0.1) is 6.92 Å². The molecule has 3 rings (SSSR count). The van der Waals surface area contributed by atoms with Crippen LogP contribution in [0.5, 0.6) is 0 Å². The number of alkyl halides is 3. The van der Waals surface area contributed by atoms with E-state index in [1.165, 1.54) is 12.1 Å². The van der Waals surface area contributed by atoms with Crippen molar-refractivity contribution in [2.75, 3.05) is 13.2 Å². The fourth-order valence-corrected chi connectivity index (χ4v) is 2.83. The Bertz CT molecular complexity index is 661. The highest BCUT2D eigenvalue weighted by atomic mass is 19.4. The van der Waals surface area contributed by atoms with Crippen LogP contribution in [-0.2, 0) is 16.3 Å². The van der Waals surface area contributed by atoms with Crippen LogP contribution < -0.4 is 0 Å². The monoisotopic (exact) mass is 312 g/mol. The number of halogens is 3. The van der Waals surface area contributed by atoms with E-state index < -0.39 is 17.2 Å². The van der Waals surface area contributed by atoms with Gasteiger partial charge in [0, 0.05) is 20.1 Å². The Morgan fingerprint density at radius 2 is 1.86 bits per heavy atom. The first-order valence-electron chi connectivity index (χ1n) is 6.98. The molecule has 1 fully saturated rings. The molecule has 4 nitrogen and oxygen atoms in total. The highest BCUT2D eigenvalue weighted by Crippen LogP contribution is 2.42. The minimum absolute atomic E-state index is 0.354. The van der Waals surface area contributed by atoms with Gasteiger partial charge in [-0.3, -0.25) is 0 Å². The SMILES string of the molecule is Cc1nnc(C2(c3cccc(C(F)(F)F)c3)CCOCC2)o1. The zero-order chi connectivity index (χ0) is 15.8. The van der Waals surface area contributed by atoms with Gasteiger partial charge in [-0.1, -0.05) is 18.2 Å². The minimum atomic E-state index is -4.38. The molecule has 0 unspecified atom stereocenters. The molecule has 118 valence electrons. The molecule has 0 radical (unpaired) electrons. The van der Waals surface area contributed by atoms with Gasteiger partial charge in [0.15, 0.2) is 0 Å². The number of aryl methyl sites for hydroxylation is 1. The molecule has 2 heterocycles. The van der Waals surface area contributed by atoms with Gasteiger partial charge >= 0.3 is 6.18 Å². The van der Waals surface area contributed by atoms with Crippen LogP contribution in [0.1, 0.15) is 35.7 Å². The van der Waals surface area contributed by atoms with Gasteiger partial charge in [-0.2, -0.15) is 13.2 Å². The summed E-state index contributed by atoms with van der Waals surface area (Å²) in [7, 11) is 0. The Balaban J connectivity index is 2.11. The summed E-state index contributed by atoms with van der Waals surface area (Å²) in [5.41, 5.74) is -0.859. The molecule has 0 bridgehead atoms. The van der Waals surface area contributed by atoms with Gasteiger partial charge in [0.25, 0.3) is 0 Å². The third-order valence-corrected chi connectivity index (χ3v) is 4.02. The smallest absolute Gasteiger partial charge is 0.416 e. The van der Waals surface area contributed by atoms with Gasteiger partial charge in [0.05, 0.1) is 11.0 Å². The van der Waals surface area contributed by atoms with Crippen molar-refractivity contribution in [2.24, 2.45) is 0 Å². The van der Waals surface area contributed by atoms with Gasteiger partial charge in [-0.05, 0) is 24.5 Å². The Morgan fingerprint density at radius 1 is 1.14 bits per heavy atom. The van der Waals surface area contributed by atoms with E-state index in [1.807, 2.05) is 0 Å². The molecule has 0 saturated carbocycles. The van der Waals surface area contributed by atoms with E-state index in [9.17, 15) is 13.2 Å². The molecule has 0 atom stereocenters. The van der Waals surface area contributed by atoms with E-state index in [1.54, 1.807) is 13.0 Å². The molecular weight excluding hydrogens is 297 g/mol. The van der Waals surface area contributed by atoms with Crippen molar-refractivity contribution in [3.63, 3.8) is 0 Å². The molecule has 0 spiro atoms. The normalized spacial score (nSPS) is 18.4. The minimum Gasteiger partial charge on any atom is -0.425 e. The van der Waals surface area contributed by atoms with Gasteiger partial charge in [-0.15, -0.1) is 10.2 Å². The van der Waals surface area contributed by atoms with E-state index in [4.69, 9.17) is 9.15 Å². The Hall–Kier alpha value is -1.89. The molecule has 1 aliphatic rings. The molecule has 0 amide bonds. The summed E-state index contributed by atoms with van der Waals surface area (Å²) in [5.74, 6) is 0.750. The van der Waals surface area contributed by atoms with E-state index >= 15 is 0 Å². The maximum Gasteiger partial charge on any atom is 0.416 e. The van der Waals surface area contributed by atoms with Crippen molar-refractivity contribution in [3.8, 4) is 0 Å². The summed E-state index contributed by atoms with van der Waals surface area (Å²) in [6, 6.07) is 5.33. The van der Waals surface area contributed by atoms with Crippen LogP contribution in [0.4, 0.5) is 13.2 Å². The van der Waals surface area contributed by atoms with Crippen LogP contribution in [0.2, 0.25) is 0 Å². The number of hydrogen-bond acceptors (Lipinski definition) is 4. The fraction of sp³-hybridized carbons (Fsp3) is 0.467. The highest BCUT2D eigenvalue weighted by molar-refractivity contribution is 5.36. The van der Waals surface area contributed by atoms with Crippen LogP contribution in [0.25, 0.3) is 0 Å². The van der Waals surface area contributed by atoms with Gasteiger partial charge in [0.2, 0.25) is 11.8 Å². The second kappa shape index (κ2) is 5.39. The van der Waals surface area contributed by atoms with E-state index in [2.05, 4.69) is 10.2 Å². The standard InChI is InChI=1S/C15H15F3N2O2/c1-10-19-20-13(22-10)14(5-7-21-8-6-14)11-3-2-4-12(9-11)15(16,17)18/h2-4,9H,5-8H2,1H3. The average Bonchev–Trinajstić information content (AvgIpc) is 2.94. The third-order valence-electron chi connectivity index (χ3n) is 4.02. The summed E-state index contributed by atoms with van der Waals surface area (Å²) in [4.78, 5) is 0. The van der Waals surface area contributed by atoms with Gasteiger partial charge in [0.1, 0.15) is 0 Å².